The monoisotopic (exact) mass is 426 g/mol. The maximum absolute atomic E-state index is 12.4. The van der Waals surface area contributed by atoms with Crippen molar-refractivity contribution in [2.75, 3.05) is 13.2 Å². The molecule has 0 radical (unpaired) electrons. The highest BCUT2D eigenvalue weighted by Gasteiger charge is 2.09. The Balaban J connectivity index is 1.51. The van der Waals surface area contributed by atoms with Crippen molar-refractivity contribution in [2.24, 2.45) is 0 Å². The number of nitriles is 2. The average molecular weight is 426 g/mol. The normalized spacial score (nSPS) is 9.81. The summed E-state index contributed by atoms with van der Waals surface area (Å²) in [5.41, 5.74) is 2.84. The lowest BCUT2D eigenvalue weighted by molar-refractivity contribution is -0.143. The lowest BCUT2D eigenvalue weighted by atomic mass is 10.0. The van der Waals surface area contributed by atoms with Gasteiger partial charge in [0.1, 0.15) is 31.1 Å². The van der Waals surface area contributed by atoms with Crippen LogP contribution in [0.15, 0.2) is 72.8 Å². The summed E-state index contributed by atoms with van der Waals surface area (Å²) in [5.74, 6) is -0.191. The fourth-order valence-corrected chi connectivity index (χ4v) is 2.74. The van der Waals surface area contributed by atoms with Gasteiger partial charge in [-0.05, 0) is 59.7 Å². The second-order valence-electron chi connectivity index (χ2n) is 6.53. The molecule has 7 heteroatoms. The minimum absolute atomic E-state index is 0.0305. The van der Waals surface area contributed by atoms with Gasteiger partial charge in [-0.15, -0.1) is 0 Å². The molecule has 0 aliphatic rings. The van der Waals surface area contributed by atoms with Crippen LogP contribution in [0, 0.1) is 22.7 Å². The molecule has 0 unspecified atom stereocenters. The Morgan fingerprint density at radius 2 is 1.34 bits per heavy atom. The standard InChI is InChI=1S/C25H18N2O5/c26-14-13-24(28)31-16-15-30-22-9-7-21(8-10-22)25(29)32-23-11-5-20(6-12-23)19-3-1-18(17-27)2-4-19/h1-12H,13,15-16H2. The van der Waals surface area contributed by atoms with Gasteiger partial charge in [0.15, 0.2) is 0 Å². The molecule has 0 heterocycles. The zero-order valence-corrected chi connectivity index (χ0v) is 17.0. The number of carbonyl (C=O) groups excluding carboxylic acids is 2. The second kappa shape index (κ2) is 11.0. The maximum Gasteiger partial charge on any atom is 0.343 e. The molecule has 3 aromatic rings. The van der Waals surface area contributed by atoms with Crippen LogP contribution in [0.1, 0.15) is 22.3 Å². The van der Waals surface area contributed by atoms with Gasteiger partial charge in [0.2, 0.25) is 0 Å². The lowest BCUT2D eigenvalue weighted by Crippen LogP contribution is -2.12. The van der Waals surface area contributed by atoms with E-state index < -0.39 is 11.9 Å². The van der Waals surface area contributed by atoms with Gasteiger partial charge in [-0.1, -0.05) is 24.3 Å². The van der Waals surface area contributed by atoms with E-state index in [-0.39, 0.29) is 19.6 Å². The molecule has 0 aliphatic carbocycles. The fraction of sp³-hybridized carbons (Fsp3) is 0.120. The third kappa shape index (κ3) is 6.19. The Morgan fingerprint density at radius 1 is 0.750 bits per heavy atom. The van der Waals surface area contributed by atoms with Crippen LogP contribution >= 0.6 is 0 Å². The Labute approximate surface area is 185 Å². The molecule has 0 aliphatic heterocycles. The van der Waals surface area contributed by atoms with E-state index in [9.17, 15) is 9.59 Å². The molecule has 3 aromatic carbocycles. The van der Waals surface area contributed by atoms with Crippen LogP contribution in [0.4, 0.5) is 0 Å². The first-order valence-corrected chi connectivity index (χ1v) is 9.67. The lowest BCUT2D eigenvalue weighted by Gasteiger charge is -2.08. The Hall–Kier alpha value is -4.62. The first-order chi connectivity index (χ1) is 15.6. The molecule has 0 N–H and O–H groups in total. The molecule has 0 saturated carbocycles. The predicted octanol–water partition coefficient (Wildman–Crippen LogP) is 4.28. The molecule has 0 saturated heterocycles. The quantitative estimate of drug-likeness (QED) is 0.300. The van der Waals surface area contributed by atoms with E-state index in [0.717, 1.165) is 11.1 Å². The minimum Gasteiger partial charge on any atom is -0.490 e. The number of rotatable bonds is 8. The van der Waals surface area contributed by atoms with Crippen molar-refractivity contribution in [2.45, 2.75) is 6.42 Å². The fourth-order valence-electron chi connectivity index (χ4n) is 2.74. The zero-order chi connectivity index (χ0) is 22.8. The smallest absolute Gasteiger partial charge is 0.343 e. The first-order valence-electron chi connectivity index (χ1n) is 9.67. The molecule has 32 heavy (non-hydrogen) atoms. The number of esters is 2. The van der Waals surface area contributed by atoms with E-state index >= 15 is 0 Å². The van der Waals surface area contributed by atoms with Gasteiger partial charge in [-0.2, -0.15) is 10.5 Å². The summed E-state index contributed by atoms with van der Waals surface area (Å²) in [4.78, 5) is 23.4. The highest BCUT2D eigenvalue weighted by molar-refractivity contribution is 5.91. The summed E-state index contributed by atoms with van der Waals surface area (Å²) in [7, 11) is 0. The molecule has 158 valence electrons. The molecule has 7 nitrogen and oxygen atoms in total. The molecular weight excluding hydrogens is 408 g/mol. The molecule has 0 atom stereocenters. The second-order valence-corrected chi connectivity index (χ2v) is 6.53. The molecule has 3 rings (SSSR count). The topological polar surface area (TPSA) is 109 Å². The van der Waals surface area contributed by atoms with Crippen molar-refractivity contribution < 1.29 is 23.8 Å². The number of hydrogen-bond donors (Lipinski definition) is 0. The number of carbonyl (C=O) groups is 2. The summed E-state index contributed by atoms with van der Waals surface area (Å²) in [6.07, 6.45) is -0.297. The number of ether oxygens (including phenoxy) is 3. The molecule has 0 amide bonds. The van der Waals surface area contributed by atoms with E-state index in [1.54, 1.807) is 54.6 Å². The SMILES string of the molecule is N#CCC(=O)OCCOc1ccc(C(=O)Oc2ccc(-c3ccc(C#N)cc3)cc2)cc1. The van der Waals surface area contributed by atoms with Crippen molar-refractivity contribution >= 4 is 11.9 Å². The van der Waals surface area contributed by atoms with Gasteiger partial charge in [0.05, 0.1) is 23.3 Å². The number of hydrogen-bond acceptors (Lipinski definition) is 7. The zero-order valence-electron chi connectivity index (χ0n) is 17.0. The maximum atomic E-state index is 12.4. The highest BCUT2D eigenvalue weighted by atomic mass is 16.6. The van der Waals surface area contributed by atoms with Gasteiger partial charge in [0.25, 0.3) is 0 Å². The molecule has 0 fully saturated rings. The third-order valence-corrected chi connectivity index (χ3v) is 4.34. The largest absolute Gasteiger partial charge is 0.490 e. The van der Waals surface area contributed by atoms with Crippen molar-refractivity contribution in [1.29, 1.82) is 10.5 Å². The van der Waals surface area contributed by atoms with E-state index in [2.05, 4.69) is 6.07 Å². The van der Waals surface area contributed by atoms with Crippen molar-refractivity contribution in [3.63, 3.8) is 0 Å². The van der Waals surface area contributed by atoms with Crippen LogP contribution in [0.2, 0.25) is 0 Å². The van der Waals surface area contributed by atoms with Crippen molar-refractivity contribution in [3.8, 4) is 34.8 Å². The first kappa shape index (κ1) is 22.1. The molecular formula is C25H18N2O5. The predicted molar refractivity (Wildman–Crippen MR) is 115 cm³/mol. The Bertz CT molecular complexity index is 1160. The van der Waals surface area contributed by atoms with Gasteiger partial charge >= 0.3 is 11.9 Å². The van der Waals surface area contributed by atoms with Crippen LogP contribution in [0.25, 0.3) is 11.1 Å². The van der Waals surface area contributed by atoms with E-state index in [1.807, 2.05) is 24.3 Å². The van der Waals surface area contributed by atoms with Crippen LogP contribution in [0.5, 0.6) is 11.5 Å². The van der Waals surface area contributed by atoms with E-state index in [0.29, 0.717) is 22.6 Å². The van der Waals surface area contributed by atoms with Crippen LogP contribution in [-0.2, 0) is 9.53 Å². The van der Waals surface area contributed by atoms with Gasteiger partial charge in [-0.3, -0.25) is 4.79 Å². The molecule has 0 spiro atoms. The average Bonchev–Trinajstić information content (AvgIpc) is 2.83. The van der Waals surface area contributed by atoms with Crippen LogP contribution in [0.3, 0.4) is 0 Å². The summed E-state index contributed by atoms with van der Waals surface area (Å²) < 4.78 is 15.6. The van der Waals surface area contributed by atoms with Gasteiger partial charge < -0.3 is 14.2 Å². The Morgan fingerprint density at radius 3 is 1.94 bits per heavy atom. The summed E-state index contributed by atoms with van der Waals surface area (Å²) in [6, 6.07) is 24.5. The van der Waals surface area contributed by atoms with Gasteiger partial charge in [0, 0.05) is 0 Å². The molecule has 0 aromatic heterocycles. The summed E-state index contributed by atoms with van der Waals surface area (Å²) in [5, 5.41) is 17.3. The number of nitrogens with zero attached hydrogens (tertiary/aromatic N) is 2. The van der Waals surface area contributed by atoms with Crippen molar-refractivity contribution in [1.82, 2.24) is 0 Å². The minimum atomic E-state index is -0.598. The summed E-state index contributed by atoms with van der Waals surface area (Å²) >= 11 is 0. The van der Waals surface area contributed by atoms with Crippen molar-refractivity contribution in [3.05, 3.63) is 83.9 Å². The van der Waals surface area contributed by atoms with Crippen LogP contribution in [-0.4, -0.2) is 25.2 Å². The van der Waals surface area contributed by atoms with Crippen LogP contribution < -0.4 is 9.47 Å². The highest BCUT2D eigenvalue weighted by Crippen LogP contribution is 2.23. The molecule has 0 bridgehead atoms. The van der Waals surface area contributed by atoms with Gasteiger partial charge in [-0.25, -0.2) is 4.79 Å². The Kier molecular flexibility index (Phi) is 7.56. The van der Waals surface area contributed by atoms with E-state index in [1.165, 1.54) is 0 Å². The number of benzene rings is 3. The van der Waals surface area contributed by atoms with E-state index in [4.69, 9.17) is 24.7 Å². The third-order valence-electron chi connectivity index (χ3n) is 4.34. The summed E-state index contributed by atoms with van der Waals surface area (Å²) in [6.45, 7) is 0.162.